The lowest BCUT2D eigenvalue weighted by Gasteiger charge is -2.10. The van der Waals surface area contributed by atoms with Gasteiger partial charge in [-0.3, -0.25) is 9.36 Å². The molecule has 0 spiro atoms. The Balaban J connectivity index is 1.58. The van der Waals surface area contributed by atoms with Gasteiger partial charge >= 0.3 is 0 Å². The highest BCUT2D eigenvalue weighted by Gasteiger charge is 2.09. The molecule has 0 fully saturated rings. The third-order valence-electron chi connectivity index (χ3n) is 4.38. The zero-order chi connectivity index (χ0) is 21.1. The van der Waals surface area contributed by atoms with E-state index in [9.17, 15) is 4.79 Å². The average Bonchev–Trinajstić information content (AvgIpc) is 2.74. The lowest BCUT2D eigenvalue weighted by molar-refractivity contribution is 0.748. The quantitative estimate of drug-likeness (QED) is 0.445. The van der Waals surface area contributed by atoms with Crippen molar-refractivity contribution in [2.24, 2.45) is 0 Å². The Morgan fingerprint density at radius 3 is 2.60 bits per heavy atom. The number of halogens is 2. The molecule has 2 heterocycles. The van der Waals surface area contributed by atoms with Gasteiger partial charge in [0.25, 0.3) is 5.56 Å². The predicted molar refractivity (Wildman–Crippen MR) is 124 cm³/mol. The second kappa shape index (κ2) is 8.87. The van der Waals surface area contributed by atoms with Crippen molar-refractivity contribution in [1.29, 1.82) is 0 Å². The van der Waals surface area contributed by atoms with Crippen LogP contribution in [0.15, 0.2) is 66.0 Å². The third-order valence-corrected chi connectivity index (χ3v) is 5.37. The monoisotopic (exact) mass is 455 g/mol. The van der Waals surface area contributed by atoms with Crippen LogP contribution in [0.1, 0.15) is 11.4 Å². The van der Waals surface area contributed by atoms with Gasteiger partial charge in [-0.25, -0.2) is 15.0 Å². The zero-order valence-electron chi connectivity index (χ0n) is 15.5. The summed E-state index contributed by atoms with van der Waals surface area (Å²) in [4.78, 5) is 26.3. The molecule has 2 aromatic carbocycles. The molecule has 4 rings (SSSR count). The number of nitrogens with one attached hydrogen (secondary N) is 1. The van der Waals surface area contributed by atoms with Crippen molar-refractivity contribution in [3.63, 3.8) is 0 Å². The van der Waals surface area contributed by atoms with Crippen LogP contribution in [0.2, 0.25) is 10.0 Å². The first-order valence-corrected chi connectivity index (χ1v) is 10.1. The largest absolute Gasteiger partial charge is 0.350 e. The molecule has 0 amide bonds. The maximum absolute atomic E-state index is 13.0. The summed E-state index contributed by atoms with van der Waals surface area (Å²) in [6.45, 7) is 0.333. The van der Waals surface area contributed by atoms with Gasteiger partial charge in [0.2, 0.25) is 0 Å². The average molecular weight is 456 g/mol. The van der Waals surface area contributed by atoms with Crippen LogP contribution in [0.25, 0.3) is 10.9 Å². The fourth-order valence-electron chi connectivity index (χ4n) is 2.95. The zero-order valence-corrected chi connectivity index (χ0v) is 17.9. The van der Waals surface area contributed by atoms with Crippen LogP contribution in [0.4, 0.5) is 5.69 Å². The van der Waals surface area contributed by atoms with Gasteiger partial charge in [0, 0.05) is 18.1 Å². The first-order valence-electron chi connectivity index (χ1n) is 8.98. The lowest BCUT2D eigenvalue weighted by atomic mass is 10.2. The van der Waals surface area contributed by atoms with Gasteiger partial charge in [0.05, 0.1) is 45.2 Å². The Morgan fingerprint density at radius 1 is 1.03 bits per heavy atom. The second-order valence-electron chi connectivity index (χ2n) is 6.55. The first-order chi connectivity index (χ1) is 14.5. The minimum atomic E-state index is -0.160. The van der Waals surface area contributed by atoms with Gasteiger partial charge < -0.3 is 5.32 Å². The maximum Gasteiger partial charge on any atom is 0.261 e. The molecule has 0 unspecified atom stereocenters. The predicted octanol–water partition coefficient (Wildman–Crippen LogP) is 4.52. The Labute approximate surface area is 187 Å². The maximum atomic E-state index is 13.0. The van der Waals surface area contributed by atoms with Crippen molar-refractivity contribution in [1.82, 2.24) is 19.5 Å². The molecule has 2 aromatic heterocycles. The van der Waals surface area contributed by atoms with Crippen molar-refractivity contribution in [2.45, 2.75) is 13.0 Å². The summed E-state index contributed by atoms with van der Waals surface area (Å²) in [5, 5.41) is 4.54. The van der Waals surface area contributed by atoms with Gasteiger partial charge in [0.1, 0.15) is 5.82 Å². The summed E-state index contributed by atoms with van der Waals surface area (Å²) in [5.74, 6) is 0.626. The fourth-order valence-corrected chi connectivity index (χ4v) is 3.52. The molecular formula is C21H15Cl2N5OS. The molecule has 0 saturated heterocycles. The number of fused-ring (bicyclic) bond motifs is 1. The van der Waals surface area contributed by atoms with E-state index in [0.29, 0.717) is 50.4 Å². The van der Waals surface area contributed by atoms with Crippen LogP contribution in [0.5, 0.6) is 0 Å². The van der Waals surface area contributed by atoms with Crippen LogP contribution in [-0.4, -0.2) is 24.5 Å². The standard InChI is InChI=1S/C21H15Cl2N5OS/c22-16-4-2-13(8-17(16)23)11-28-12-26-18-5-3-14(9-15(18)21(28)29)27-20(30)10-19-24-6-1-7-25-19/h1-9,12H,10-11H2,(H,27,30). The molecular weight excluding hydrogens is 441 g/mol. The summed E-state index contributed by atoms with van der Waals surface area (Å²) >= 11 is 17.4. The molecule has 0 aliphatic rings. The van der Waals surface area contributed by atoms with E-state index in [1.165, 1.54) is 10.9 Å². The van der Waals surface area contributed by atoms with Crippen molar-refractivity contribution >= 4 is 57.0 Å². The number of thiocarbonyl (C=S) groups is 1. The van der Waals surface area contributed by atoms with Crippen molar-refractivity contribution < 1.29 is 0 Å². The third kappa shape index (κ3) is 4.64. The number of benzene rings is 2. The van der Waals surface area contributed by atoms with Gasteiger partial charge in [0.15, 0.2) is 0 Å². The van der Waals surface area contributed by atoms with Gasteiger partial charge in [-0.2, -0.15) is 0 Å². The van der Waals surface area contributed by atoms with Crippen molar-refractivity contribution in [3.8, 4) is 0 Å². The Hall–Kier alpha value is -2.87. The van der Waals surface area contributed by atoms with Gasteiger partial charge in [-0.05, 0) is 42.0 Å². The normalized spacial score (nSPS) is 10.9. The summed E-state index contributed by atoms with van der Waals surface area (Å²) in [6.07, 6.45) is 5.27. The number of aromatic nitrogens is 4. The van der Waals surface area contributed by atoms with E-state index >= 15 is 0 Å². The fraction of sp³-hybridized carbons (Fsp3) is 0.0952. The molecule has 6 nitrogen and oxygen atoms in total. The Morgan fingerprint density at radius 2 is 1.83 bits per heavy atom. The number of hydrogen-bond donors (Lipinski definition) is 1. The topological polar surface area (TPSA) is 72.7 Å². The summed E-state index contributed by atoms with van der Waals surface area (Å²) in [7, 11) is 0. The van der Waals surface area contributed by atoms with Crippen LogP contribution >= 0.6 is 35.4 Å². The first kappa shape index (κ1) is 20.4. The van der Waals surface area contributed by atoms with E-state index in [2.05, 4.69) is 20.3 Å². The highest BCUT2D eigenvalue weighted by Crippen LogP contribution is 2.23. The molecule has 0 saturated carbocycles. The molecule has 1 N–H and O–H groups in total. The lowest BCUT2D eigenvalue weighted by Crippen LogP contribution is -2.21. The number of nitrogens with zero attached hydrogens (tertiary/aromatic N) is 4. The van der Waals surface area contributed by atoms with Crippen LogP contribution < -0.4 is 10.9 Å². The SMILES string of the molecule is O=c1c2cc(NC(=S)Cc3ncccn3)ccc2ncn1Cc1ccc(Cl)c(Cl)c1. The highest BCUT2D eigenvalue weighted by molar-refractivity contribution is 7.80. The highest BCUT2D eigenvalue weighted by atomic mass is 35.5. The number of hydrogen-bond acceptors (Lipinski definition) is 5. The van der Waals surface area contributed by atoms with E-state index in [4.69, 9.17) is 35.4 Å². The Kier molecular flexibility index (Phi) is 6.03. The van der Waals surface area contributed by atoms with Gasteiger partial charge in [-0.1, -0.05) is 41.5 Å². The molecule has 0 atom stereocenters. The molecule has 30 heavy (non-hydrogen) atoms. The van der Waals surface area contributed by atoms with Crippen LogP contribution in [0, 0.1) is 0 Å². The molecule has 150 valence electrons. The number of anilines is 1. The molecule has 0 aliphatic heterocycles. The molecule has 0 bridgehead atoms. The van der Waals surface area contributed by atoms with Crippen LogP contribution in [-0.2, 0) is 13.0 Å². The van der Waals surface area contributed by atoms with E-state index in [0.717, 1.165) is 5.56 Å². The minimum absolute atomic E-state index is 0.160. The molecule has 0 aliphatic carbocycles. The number of rotatable bonds is 5. The summed E-state index contributed by atoms with van der Waals surface area (Å²) in [6, 6.07) is 12.4. The summed E-state index contributed by atoms with van der Waals surface area (Å²) < 4.78 is 1.53. The second-order valence-corrected chi connectivity index (χ2v) is 7.86. The minimum Gasteiger partial charge on any atom is -0.350 e. The van der Waals surface area contributed by atoms with E-state index in [-0.39, 0.29) is 5.56 Å². The van der Waals surface area contributed by atoms with E-state index < -0.39 is 0 Å². The Bertz CT molecular complexity index is 1290. The summed E-state index contributed by atoms with van der Waals surface area (Å²) in [5.41, 5.74) is 2.00. The molecule has 4 aromatic rings. The van der Waals surface area contributed by atoms with E-state index in [1.807, 2.05) is 12.1 Å². The van der Waals surface area contributed by atoms with Crippen LogP contribution in [0.3, 0.4) is 0 Å². The van der Waals surface area contributed by atoms with Crippen molar-refractivity contribution in [3.05, 3.63) is 93.0 Å². The molecule has 9 heteroatoms. The van der Waals surface area contributed by atoms with E-state index in [1.54, 1.807) is 42.7 Å². The smallest absolute Gasteiger partial charge is 0.261 e. The van der Waals surface area contributed by atoms with Crippen molar-refractivity contribution in [2.75, 3.05) is 5.32 Å². The van der Waals surface area contributed by atoms with Gasteiger partial charge in [-0.15, -0.1) is 0 Å². The molecule has 0 radical (unpaired) electrons.